The lowest BCUT2D eigenvalue weighted by molar-refractivity contribution is 0.0651. The van der Waals surface area contributed by atoms with E-state index in [1.165, 1.54) is 12.8 Å². The van der Waals surface area contributed by atoms with Gasteiger partial charge in [-0.3, -0.25) is 0 Å². The summed E-state index contributed by atoms with van der Waals surface area (Å²) in [5.74, 6) is 1.41. The van der Waals surface area contributed by atoms with E-state index in [2.05, 4.69) is 13.8 Å². The molecule has 0 aromatic rings. The molecule has 0 heterocycles. The average Bonchev–Trinajstić information content (AvgIpc) is 2.39. The van der Waals surface area contributed by atoms with Crippen molar-refractivity contribution in [2.45, 2.75) is 39.2 Å². The summed E-state index contributed by atoms with van der Waals surface area (Å²) in [5.41, 5.74) is 0.433. The Morgan fingerprint density at radius 2 is 2.00 bits per heavy atom. The van der Waals surface area contributed by atoms with Crippen LogP contribution in [0, 0.1) is 23.2 Å². The summed E-state index contributed by atoms with van der Waals surface area (Å²) in [6.45, 7) is 4.76. The van der Waals surface area contributed by atoms with Crippen molar-refractivity contribution < 1.29 is 10.2 Å². The maximum atomic E-state index is 9.70. The normalized spacial score (nSPS) is 48.0. The topological polar surface area (TPSA) is 40.5 Å². The first-order valence-corrected chi connectivity index (χ1v) is 5.32. The van der Waals surface area contributed by atoms with Crippen molar-refractivity contribution in [3.63, 3.8) is 0 Å². The maximum Gasteiger partial charge on any atom is 0.0595 e. The molecular formula is C11H20O2. The van der Waals surface area contributed by atoms with Crippen LogP contribution in [-0.4, -0.2) is 22.9 Å². The molecular weight excluding hydrogens is 164 g/mol. The van der Waals surface area contributed by atoms with Crippen molar-refractivity contribution in [2.75, 3.05) is 6.61 Å². The van der Waals surface area contributed by atoms with Crippen molar-refractivity contribution >= 4 is 0 Å². The van der Waals surface area contributed by atoms with Crippen molar-refractivity contribution in [3.05, 3.63) is 0 Å². The van der Waals surface area contributed by atoms with E-state index in [1.807, 2.05) is 0 Å². The van der Waals surface area contributed by atoms with Gasteiger partial charge in [0, 0.05) is 12.5 Å². The Hall–Kier alpha value is -0.0800. The van der Waals surface area contributed by atoms with Crippen LogP contribution in [0.25, 0.3) is 0 Å². The Morgan fingerprint density at radius 3 is 2.62 bits per heavy atom. The van der Waals surface area contributed by atoms with E-state index in [9.17, 15) is 10.2 Å². The quantitative estimate of drug-likeness (QED) is 0.647. The van der Waals surface area contributed by atoms with Gasteiger partial charge in [0.05, 0.1) is 6.10 Å². The minimum absolute atomic E-state index is 0.159. The fourth-order valence-electron chi connectivity index (χ4n) is 3.54. The third-order valence-electron chi connectivity index (χ3n) is 4.01. The predicted octanol–water partition coefficient (Wildman–Crippen LogP) is 1.41. The summed E-state index contributed by atoms with van der Waals surface area (Å²) < 4.78 is 0. The van der Waals surface area contributed by atoms with Gasteiger partial charge in [-0.05, 0) is 36.5 Å². The third-order valence-corrected chi connectivity index (χ3v) is 4.01. The maximum absolute atomic E-state index is 9.70. The van der Waals surface area contributed by atoms with Gasteiger partial charge in [0.15, 0.2) is 0 Å². The summed E-state index contributed by atoms with van der Waals surface area (Å²) >= 11 is 0. The highest BCUT2D eigenvalue weighted by Crippen LogP contribution is 2.54. The first-order valence-electron chi connectivity index (χ1n) is 5.32. The predicted molar refractivity (Wildman–Crippen MR) is 51.2 cm³/mol. The summed E-state index contributed by atoms with van der Waals surface area (Å²) in [4.78, 5) is 0. The smallest absolute Gasteiger partial charge is 0.0595 e. The van der Waals surface area contributed by atoms with Gasteiger partial charge >= 0.3 is 0 Å². The highest BCUT2D eigenvalue weighted by Gasteiger charge is 2.49. The Balaban J connectivity index is 2.10. The molecule has 0 radical (unpaired) electrons. The van der Waals surface area contributed by atoms with Gasteiger partial charge in [0.25, 0.3) is 0 Å². The molecule has 2 nitrogen and oxygen atoms in total. The molecule has 0 aromatic carbocycles. The number of rotatable bonds is 1. The fraction of sp³-hybridized carbons (Fsp3) is 1.00. The summed E-state index contributed by atoms with van der Waals surface area (Å²) in [5, 5.41) is 18.9. The lowest BCUT2D eigenvalue weighted by Gasteiger charge is -2.22. The summed E-state index contributed by atoms with van der Waals surface area (Å²) in [6, 6.07) is 0. The zero-order valence-electron chi connectivity index (χ0n) is 8.53. The molecule has 2 aliphatic carbocycles. The van der Waals surface area contributed by atoms with E-state index < -0.39 is 0 Å². The minimum atomic E-state index is -0.240. The van der Waals surface area contributed by atoms with Crippen molar-refractivity contribution in [1.29, 1.82) is 0 Å². The van der Waals surface area contributed by atoms with Crippen LogP contribution in [0.15, 0.2) is 0 Å². The Bertz CT molecular complexity index is 200. The van der Waals surface area contributed by atoms with Crippen molar-refractivity contribution in [3.8, 4) is 0 Å². The van der Waals surface area contributed by atoms with Crippen LogP contribution in [0.4, 0.5) is 0 Å². The second kappa shape index (κ2) is 2.96. The van der Waals surface area contributed by atoms with Crippen LogP contribution >= 0.6 is 0 Å². The van der Waals surface area contributed by atoms with E-state index in [0.29, 0.717) is 17.3 Å². The third kappa shape index (κ3) is 1.50. The van der Waals surface area contributed by atoms with Crippen molar-refractivity contribution in [1.82, 2.24) is 0 Å². The highest BCUT2D eigenvalue weighted by atomic mass is 16.3. The van der Waals surface area contributed by atoms with Crippen LogP contribution in [0.1, 0.15) is 33.1 Å². The Labute approximate surface area is 80.0 Å². The molecule has 2 N–H and O–H groups in total. The first kappa shape index (κ1) is 9.47. The van der Waals surface area contributed by atoms with Gasteiger partial charge in [-0.15, -0.1) is 0 Å². The van der Waals surface area contributed by atoms with E-state index in [4.69, 9.17) is 0 Å². The minimum Gasteiger partial charge on any atom is -0.396 e. The molecule has 0 spiro atoms. The molecule has 0 aliphatic heterocycles. The zero-order valence-corrected chi connectivity index (χ0v) is 8.53. The van der Waals surface area contributed by atoms with Gasteiger partial charge < -0.3 is 10.2 Å². The Morgan fingerprint density at radius 1 is 1.31 bits per heavy atom. The number of aliphatic hydroxyl groups excluding tert-OH is 2. The molecule has 0 saturated heterocycles. The zero-order chi connectivity index (χ0) is 9.64. The lowest BCUT2D eigenvalue weighted by atomic mass is 9.85. The molecule has 13 heavy (non-hydrogen) atoms. The lowest BCUT2D eigenvalue weighted by Crippen LogP contribution is -2.24. The number of hydrogen-bond donors (Lipinski definition) is 2. The molecule has 0 amide bonds. The molecule has 2 heteroatoms. The first-order chi connectivity index (χ1) is 6.03. The van der Waals surface area contributed by atoms with Crippen LogP contribution < -0.4 is 0 Å². The molecule has 4 unspecified atom stereocenters. The molecule has 2 aliphatic rings. The molecule has 76 valence electrons. The van der Waals surface area contributed by atoms with Crippen LogP contribution in [0.5, 0.6) is 0 Å². The monoisotopic (exact) mass is 184 g/mol. The van der Waals surface area contributed by atoms with E-state index in [0.717, 1.165) is 6.42 Å². The molecule has 2 rings (SSSR count). The molecule has 0 aromatic heterocycles. The van der Waals surface area contributed by atoms with Crippen molar-refractivity contribution in [2.24, 2.45) is 23.2 Å². The second-order valence-corrected chi connectivity index (χ2v) is 5.65. The SMILES string of the molecule is CC1(C)CC2CC(O)C(CO)C2C1. The van der Waals surface area contributed by atoms with Gasteiger partial charge in [0.1, 0.15) is 0 Å². The van der Waals surface area contributed by atoms with Crippen LogP contribution in [0.2, 0.25) is 0 Å². The highest BCUT2D eigenvalue weighted by molar-refractivity contribution is 4.99. The van der Waals surface area contributed by atoms with E-state index >= 15 is 0 Å². The summed E-state index contributed by atoms with van der Waals surface area (Å²) in [6.07, 6.45) is 3.08. The van der Waals surface area contributed by atoms with Gasteiger partial charge in [-0.1, -0.05) is 13.8 Å². The number of fused-ring (bicyclic) bond motifs is 1. The molecule has 4 atom stereocenters. The second-order valence-electron chi connectivity index (χ2n) is 5.65. The molecule has 0 bridgehead atoms. The molecule has 2 fully saturated rings. The standard InChI is InChI=1S/C11H20O2/c1-11(2)4-7-3-10(13)9(6-12)8(7)5-11/h7-10,12-13H,3-6H2,1-2H3. The molecule has 2 saturated carbocycles. The average molecular weight is 184 g/mol. The van der Waals surface area contributed by atoms with E-state index in [1.54, 1.807) is 0 Å². The Kier molecular flexibility index (Phi) is 2.16. The summed E-state index contributed by atoms with van der Waals surface area (Å²) in [7, 11) is 0. The largest absolute Gasteiger partial charge is 0.396 e. The number of aliphatic hydroxyl groups is 2. The van der Waals surface area contributed by atoms with E-state index in [-0.39, 0.29) is 18.6 Å². The number of hydrogen-bond acceptors (Lipinski definition) is 2. The van der Waals surface area contributed by atoms with Gasteiger partial charge in [0.2, 0.25) is 0 Å². The van der Waals surface area contributed by atoms with Gasteiger partial charge in [-0.25, -0.2) is 0 Å². The van der Waals surface area contributed by atoms with Crippen LogP contribution in [-0.2, 0) is 0 Å². The van der Waals surface area contributed by atoms with Gasteiger partial charge in [-0.2, -0.15) is 0 Å². The fourth-order valence-corrected chi connectivity index (χ4v) is 3.54. The van der Waals surface area contributed by atoms with Crippen LogP contribution in [0.3, 0.4) is 0 Å².